The molecule has 2 nitrogen and oxygen atoms in total. The van der Waals surface area contributed by atoms with Gasteiger partial charge < -0.3 is 5.11 Å². The van der Waals surface area contributed by atoms with Crippen LogP contribution in [-0.4, -0.2) is 10.1 Å². The van der Waals surface area contributed by atoms with E-state index in [1.54, 1.807) is 11.3 Å². The molecule has 3 aromatic rings. The Morgan fingerprint density at radius 2 is 1.59 bits per heavy atom. The number of aliphatic hydroxyl groups is 1. The largest absolute Gasteiger partial charge is 0.392 e. The molecule has 0 radical (unpaired) electrons. The van der Waals surface area contributed by atoms with Crippen LogP contribution in [0.5, 0.6) is 0 Å². The molecule has 0 aliphatic heterocycles. The number of benzene rings is 2. The van der Waals surface area contributed by atoms with Gasteiger partial charge in [0.15, 0.2) is 0 Å². The summed E-state index contributed by atoms with van der Waals surface area (Å²) in [4.78, 5) is 6.08. The van der Waals surface area contributed by atoms with E-state index in [2.05, 4.69) is 43.3 Å². The minimum absolute atomic E-state index is 0.104. The second-order valence-electron chi connectivity index (χ2n) is 5.35. The molecule has 0 saturated heterocycles. The minimum atomic E-state index is 0.104. The number of hydrogen-bond acceptors (Lipinski definition) is 3. The average Bonchev–Trinajstić information content (AvgIpc) is 2.95. The smallest absolute Gasteiger partial charge is 0.0938 e. The molecular weight excluding hydrogens is 290 g/mol. The van der Waals surface area contributed by atoms with Crippen LogP contribution in [0.1, 0.15) is 21.0 Å². The Morgan fingerprint density at radius 1 is 0.909 bits per heavy atom. The van der Waals surface area contributed by atoms with Gasteiger partial charge in [-0.3, -0.25) is 0 Å². The molecule has 0 aliphatic carbocycles. The number of aliphatic hydroxyl groups excluding tert-OH is 1. The molecule has 0 aliphatic rings. The molecule has 0 fully saturated rings. The second kappa shape index (κ2) is 6.86. The molecule has 112 valence electrons. The van der Waals surface area contributed by atoms with Gasteiger partial charge in [-0.25, -0.2) is 4.98 Å². The Kier molecular flexibility index (Phi) is 4.66. The van der Waals surface area contributed by atoms with Gasteiger partial charge in [-0.2, -0.15) is 0 Å². The van der Waals surface area contributed by atoms with Crippen LogP contribution in [0.15, 0.2) is 54.6 Å². The van der Waals surface area contributed by atoms with E-state index < -0.39 is 0 Å². The van der Waals surface area contributed by atoms with Gasteiger partial charge in [0.1, 0.15) is 0 Å². The second-order valence-corrected chi connectivity index (χ2v) is 6.64. The summed E-state index contributed by atoms with van der Waals surface area (Å²) in [6.07, 6.45) is 1.93. The van der Waals surface area contributed by atoms with Crippen LogP contribution in [0, 0.1) is 6.92 Å². The van der Waals surface area contributed by atoms with Crippen molar-refractivity contribution in [3.05, 3.63) is 75.6 Å². The van der Waals surface area contributed by atoms with Crippen molar-refractivity contribution in [2.75, 3.05) is 0 Å². The van der Waals surface area contributed by atoms with Crippen LogP contribution in [0.3, 0.4) is 0 Å². The predicted molar refractivity (Wildman–Crippen MR) is 92.1 cm³/mol. The summed E-state index contributed by atoms with van der Waals surface area (Å²) >= 11 is 1.78. The molecular formula is C19H19NOS. The van der Waals surface area contributed by atoms with Gasteiger partial charge in [-0.15, -0.1) is 11.3 Å². The molecule has 0 atom stereocenters. The standard InChI is InChI=1S/C19H19NOS/c1-14-19(17-5-3-2-4-6-17)20-18(22-14)12-11-15-7-9-16(13-21)10-8-15/h2-10,21H,11-13H2,1H3. The van der Waals surface area contributed by atoms with Gasteiger partial charge >= 0.3 is 0 Å². The van der Waals surface area contributed by atoms with Crippen molar-refractivity contribution in [2.45, 2.75) is 26.4 Å². The van der Waals surface area contributed by atoms with E-state index in [0.717, 1.165) is 24.1 Å². The van der Waals surface area contributed by atoms with E-state index >= 15 is 0 Å². The lowest BCUT2D eigenvalue weighted by molar-refractivity contribution is 0.282. The summed E-state index contributed by atoms with van der Waals surface area (Å²) in [6.45, 7) is 2.24. The summed E-state index contributed by atoms with van der Waals surface area (Å²) in [6, 6.07) is 18.5. The third kappa shape index (κ3) is 3.43. The van der Waals surface area contributed by atoms with Crippen molar-refractivity contribution in [1.82, 2.24) is 4.98 Å². The van der Waals surface area contributed by atoms with Crippen LogP contribution in [0.2, 0.25) is 0 Å². The molecule has 22 heavy (non-hydrogen) atoms. The van der Waals surface area contributed by atoms with Gasteiger partial charge in [0, 0.05) is 16.9 Å². The third-order valence-corrected chi connectivity index (χ3v) is 4.75. The zero-order valence-corrected chi connectivity index (χ0v) is 13.4. The SMILES string of the molecule is Cc1sc(CCc2ccc(CO)cc2)nc1-c1ccccc1. The number of hydrogen-bond donors (Lipinski definition) is 1. The molecule has 1 aromatic heterocycles. The highest BCUT2D eigenvalue weighted by molar-refractivity contribution is 7.12. The predicted octanol–water partition coefficient (Wildman–Crippen LogP) is 4.40. The van der Waals surface area contributed by atoms with Crippen molar-refractivity contribution < 1.29 is 5.11 Å². The molecule has 3 heteroatoms. The van der Waals surface area contributed by atoms with Crippen molar-refractivity contribution in [3.63, 3.8) is 0 Å². The zero-order chi connectivity index (χ0) is 15.4. The summed E-state index contributed by atoms with van der Waals surface area (Å²) in [5, 5.41) is 10.3. The molecule has 0 amide bonds. The molecule has 3 rings (SSSR count). The Labute approximate surface area is 135 Å². The first-order chi connectivity index (χ1) is 10.8. The van der Waals surface area contributed by atoms with E-state index in [-0.39, 0.29) is 6.61 Å². The summed E-state index contributed by atoms with van der Waals surface area (Å²) in [5.41, 5.74) is 4.54. The fourth-order valence-corrected chi connectivity index (χ4v) is 3.44. The number of aryl methyl sites for hydroxylation is 3. The van der Waals surface area contributed by atoms with E-state index in [9.17, 15) is 0 Å². The van der Waals surface area contributed by atoms with Gasteiger partial charge in [0.25, 0.3) is 0 Å². The Balaban J connectivity index is 1.71. The fourth-order valence-electron chi connectivity index (χ4n) is 2.48. The van der Waals surface area contributed by atoms with Crippen molar-refractivity contribution in [2.24, 2.45) is 0 Å². The summed E-state index contributed by atoms with van der Waals surface area (Å²) in [7, 11) is 0. The first-order valence-corrected chi connectivity index (χ1v) is 8.28. The Hall–Kier alpha value is -1.97. The van der Waals surface area contributed by atoms with Crippen molar-refractivity contribution in [1.29, 1.82) is 0 Å². The number of rotatable bonds is 5. The number of thiazole rings is 1. The monoisotopic (exact) mass is 309 g/mol. The molecule has 0 unspecified atom stereocenters. The highest BCUT2D eigenvalue weighted by atomic mass is 32.1. The third-order valence-electron chi connectivity index (χ3n) is 3.72. The lowest BCUT2D eigenvalue weighted by atomic mass is 10.1. The van der Waals surface area contributed by atoms with Gasteiger partial charge in [-0.05, 0) is 24.5 Å². The normalized spacial score (nSPS) is 10.8. The molecule has 1 heterocycles. The Morgan fingerprint density at radius 3 is 2.27 bits per heavy atom. The number of aromatic nitrogens is 1. The minimum Gasteiger partial charge on any atom is -0.392 e. The molecule has 0 bridgehead atoms. The van der Waals surface area contributed by atoms with E-state index in [4.69, 9.17) is 10.1 Å². The lowest BCUT2D eigenvalue weighted by Gasteiger charge is -2.01. The maximum absolute atomic E-state index is 9.07. The topological polar surface area (TPSA) is 33.1 Å². The highest BCUT2D eigenvalue weighted by Gasteiger charge is 2.09. The van der Waals surface area contributed by atoms with E-state index in [1.807, 2.05) is 18.2 Å². The van der Waals surface area contributed by atoms with Gasteiger partial charge in [0.2, 0.25) is 0 Å². The van der Waals surface area contributed by atoms with E-state index in [1.165, 1.54) is 21.0 Å². The molecule has 2 aromatic carbocycles. The van der Waals surface area contributed by atoms with Crippen LogP contribution >= 0.6 is 11.3 Å². The van der Waals surface area contributed by atoms with Crippen molar-refractivity contribution in [3.8, 4) is 11.3 Å². The average molecular weight is 309 g/mol. The molecule has 1 N–H and O–H groups in total. The first kappa shape index (κ1) is 14.9. The van der Waals surface area contributed by atoms with E-state index in [0.29, 0.717) is 0 Å². The molecule has 0 spiro atoms. The lowest BCUT2D eigenvalue weighted by Crippen LogP contribution is -1.92. The number of nitrogens with zero attached hydrogens (tertiary/aromatic N) is 1. The summed E-state index contributed by atoms with van der Waals surface area (Å²) < 4.78 is 0. The maximum atomic E-state index is 9.07. The molecule has 0 saturated carbocycles. The van der Waals surface area contributed by atoms with Crippen LogP contribution in [0.25, 0.3) is 11.3 Å². The van der Waals surface area contributed by atoms with Crippen LogP contribution in [0.4, 0.5) is 0 Å². The van der Waals surface area contributed by atoms with Crippen molar-refractivity contribution >= 4 is 11.3 Å². The fraction of sp³-hybridized carbons (Fsp3) is 0.211. The summed E-state index contributed by atoms with van der Waals surface area (Å²) in [5.74, 6) is 0. The van der Waals surface area contributed by atoms with Gasteiger partial charge in [-0.1, -0.05) is 54.6 Å². The van der Waals surface area contributed by atoms with Crippen LogP contribution < -0.4 is 0 Å². The highest BCUT2D eigenvalue weighted by Crippen LogP contribution is 2.28. The zero-order valence-electron chi connectivity index (χ0n) is 12.6. The first-order valence-electron chi connectivity index (χ1n) is 7.46. The Bertz CT molecular complexity index is 732. The quantitative estimate of drug-likeness (QED) is 0.758. The maximum Gasteiger partial charge on any atom is 0.0938 e. The van der Waals surface area contributed by atoms with Crippen LogP contribution in [-0.2, 0) is 19.4 Å². The van der Waals surface area contributed by atoms with Gasteiger partial charge in [0.05, 0.1) is 17.3 Å².